The van der Waals surface area contributed by atoms with E-state index in [2.05, 4.69) is 36.0 Å². The van der Waals surface area contributed by atoms with Crippen LogP contribution in [0, 0.1) is 11.3 Å². The van der Waals surface area contributed by atoms with Gasteiger partial charge in [-0.3, -0.25) is 9.52 Å². The number of para-hydroxylation sites is 1. The molecule has 30 heavy (non-hydrogen) atoms. The lowest BCUT2D eigenvalue weighted by Crippen LogP contribution is -2.29. The quantitative estimate of drug-likeness (QED) is 0.568. The van der Waals surface area contributed by atoms with Gasteiger partial charge in [0.05, 0.1) is 11.3 Å². The van der Waals surface area contributed by atoms with Crippen LogP contribution in [0.25, 0.3) is 0 Å². The zero-order chi connectivity index (χ0) is 21.8. The highest BCUT2D eigenvalue weighted by atomic mass is 32.2. The molecule has 6 nitrogen and oxygen atoms in total. The van der Waals surface area contributed by atoms with Gasteiger partial charge in [0.2, 0.25) is 0 Å². The monoisotopic (exact) mass is 447 g/mol. The van der Waals surface area contributed by atoms with E-state index < -0.39 is 15.9 Å². The van der Waals surface area contributed by atoms with Crippen LogP contribution in [-0.4, -0.2) is 20.0 Å². The molecule has 0 aliphatic heterocycles. The lowest BCUT2D eigenvalue weighted by atomic mass is 9.69. The first-order valence-electron chi connectivity index (χ1n) is 10.2. The normalized spacial score (nSPS) is 17.4. The summed E-state index contributed by atoms with van der Waals surface area (Å²) in [5, 5.41) is 6.03. The standard InChI is InChI=1S/C22H29N3O3S2/c1-4-22(2,3)16-11-13-17(14-12-16)23-24-21(26)18-8-5-6-9-19(18)25-30(27,28)20-10-7-15-29-20/h5-10,15-16,25H,4,11-14H2,1-3H3,(H,24,26). The average molecular weight is 448 g/mol. The lowest BCUT2D eigenvalue weighted by molar-refractivity contribution is 0.0955. The number of rotatable bonds is 7. The molecule has 1 aromatic carbocycles. The molecule has 1 aliphatic rings. The third kappa shape index (κ3) is 5.29. The summed E-state index contributed by atoms with van der Waals surface area (Å²) >= 11 is 1.12. The third-order valence-corrected chi connectivity index (χ3v) is 8.83. The molecule has 0 radical (unpaired) electrons. The van der Waals surface area contributed by atoms with Crippen molar-refractivity contribution in [1.29, 1.82) is 0 Å². The molecule has 0 spiro atoms. The van der Waals surface area contributed by atoms with Gasteiger partial charge in [-0.15, -0.1) is 11.3 Å². The summed E-state index contributed by atoms with van der Waals surface area (Å²) in [6.07, 6.45) is 5.06. The molecule has 0 saturated heterocycles. The average Bonchev–Trinajstić information content (AvgIpc) is 3.28. The summed E-state index contributed by atoms with van der Waals surface area (Å²) in [5.41, 5.74) is 4.40. The number of nitrogens with one attached hydrogen (secondary N) is 2. The van der Waals surface area contributed by atoms with Gasteiger partial charge in [-0.05, 0) is 60.6 Å². The minimum absolute atomic E-state index is 0.199. The number of anilines is 1. The number of nitrogens with zero attached hydrogens (tertiary/aromatic N) is 1. The van der Waals surface area contributed by atoms with Gasteiger partial charge in [0, 0.05) is 5.71 Å². The minimum atomic E-state index is -3.73. The van der Waals surface area contributed by atoms with Crippen LogP contribution < -0.4 is 10.1 Å². The Bertz CT molecular complexity index is 1000. The minimum Gasteiger partial charge on any atom is -0.278 e. The summed E-state index contributed by atoms with van der Waals surface area (Å²) in [6, 6.07) is 9.74. The van der Waals surface area contributed by atoms with Gasteiger partial charge in [0.1, 0.15) is 4.21 Å². The number of benzene rings is 1. The Hall–Kier alpha value is -2.19. The maximum absolute atomic E-state index is 12.7. The van der Waals surface area contributed by atoms with E-state index in [0.29, 0.717) is 11.3 Å². The van der Waals surface area contributed by atoms with Crippen LogP contribution in [0.5, 0.6) is 0 Å². The Morgan fingerprint density at radius 1 is 1.17 bits per heavy atom. The van der Waals surface area contributed by atoms with E-state index in [9.17, 15) is 13.2 Å². The molecular formula is C22H29N3O3S2. The summed E-state index contributed by atoms with van der Waals surface area (Å²) in [6.45, 7) is 6.86. The molecule has 162 valence electrons. The molecule has 3 rings (SSSR count). The number of amides is 1. The topological polar surface area (TPSA) is 87.6 Å². The van der Waals surface area contributed by atoms with Gasteiger partial charge < -0.3 is 0 Å². The molecule has 1 saturated carbocycles. The van der Waals surface area contributed by atoms with Crippen LogP contribution in [0.2, 0.25) is 0 Å². The van der Waals surface area contributed by atoms with E-state index in [0.717, 1.165) is 49.2 Å². The van der Waals surface area contributed by atoms with Crippen molar-refractivity contribution in [3.8, 4) is 0 Å². The maximum atomic E-state index is 12.7. The summed E-state index contributed by atoms with van der Waals surface area (Å²) in [5.74, 6) is 0.243. The van der Waals surface area contributed by atoms with E-state index in [4.69, 9.17) is 0 Å². The van der Waals surface area contributed by atoms with Gasteiger partial charge in [0.25, 0.3) is 15.9 Å². The van der Waals surface area contributed by atoms with Crippen LogP contribution in [0.1, 0.15) is 63.2 Å². The van der Waals surface area contributed by atoms with E-state index in [-0.39, 0.29) is 15.5 Å². The fourth-order valence-corrected chi connectivity index (χ4v) is 5.78. The second-order valence-corrected chi connectivity index (χ2v) is 11.2. The van der Waals surface area contributed by atoms with E-state index in [1.807, 2.05) is 0 Å². The largest absolute Gasteiger partial charge is 0.278 e. The molecule has 2 N–H and O–H groups in total. The molecule has 2 aromatic rings. The number of carbonyl (C=O) groups is 1. The molecule has 0 unspecified atom stereocenters. The smallest absolute Gasteiger partial charge is 0.273 e. The van der Waals surface area contributed by atoms with Crippen LogP contribution >= 0.6 is 11.3 Å². The zero-order valence-corrected chi connectivity index (χ0v) is 19.3. The number of thiophene rings is 1. The molecule has 1 heterocycles. The second kappa shape index (κ2) is 9.31. The first kappa shape index (κ1) is 22.5. The van der Waals surface area contributed by atoms with Crippen molar-refractivity contribution >= 4 is 38.7 Å². The highest BCUT2D eigenvalue weighted by Crippen LogP contribution is 2.39. The summed E-state index contributed by atoms with van der Waals surface area (Å²) in [7, 11) is -3.73. The molecule has 1 aliphatic carbocycles. The van der Waals surface area contributed by atoms with Gasteiger partial charge in [-0.1, -0.05) is 45.4 Å². The van der Waals surface area contributed by atoms with Crippen LogP contribution in [0.4, 0.5) is 5.69 Å². The Kier molecular flexibility index (Phi) is 6.98. The maximum Gasteiger partial charge on any atom is 0.273 e. The van der Waals surface area contributed by atoms with Crippen LogP contribution in [0.15, 0.2) is 51.1 Å². The predicted molar refractivity (Wildman–Crippen MR) is 123 cm³/mol. The number of sulfonamides is 1. The highest BCUT2D eigenvalue weighted by molar-refractivity contribution is 7.94. The number of hydrazone groups is 1. The second-order valence-electron chi connectivity index (χ2n) is 8.32. The van der Waals surface area contributed by atoms with Crippen molar-refractivity contribution in [2.45, 2.75) is 57.1 Å². The van der Waals surface area contributed by atoms with E-state index in [1.165, 1.54) is 6.07 Å². The summed E-state index contributed by atoms with van der Waals surface area (Å²) in [4.78, 5) is 12.7. The molecule has 8 heteroatoms. The first-order chi connectivity index (χ1) is 14.2. The molecular weight excluding hydrogens is 418 g/mol. The fraction of sp³-hybridized carbons (Fsp3) is 0.455. The van der Waals surface area contributed by atoms with Crippen molar-refractivity contribution in [2.24, 2.45) is 16.4 Å². The van der Waals surface area contributed by atoms with Crippen molar-refractivity contribution in [3.05, 3.63) is 47.3 Å². The summed E-state index contributed by atoms with van der Waals surface area (Å²) < 4.78 is 27.7. The fourth-order valence-electron chi connectivity index (χ4n) is 3.70. The molecule has 0 atom stereocenters. The SMILES string of the molecule is CCC(C)(C)C1CCC(=NNC(=O)c2ccccc2NS(=O)(=O)c2cccs2)CC1. The van der Waals surface area contributed by atoms with E-state index in [1.54, 1.807) is 35.7 Å². The van der Waals surface area contributed by atoms with Crippen LogP contribution in [-0.2, 0) is 10.0 Å². The van der Waals surface area contributed by atoms with Crippen molar-refractivity contribution < 1.29 is 13.2 Å². The molecule has 1 fully saturated rings. The van der Waals surface area contributed by atoms with Gasteiger partial charge in [-0.25, -0.2) is 13.8 Å². The number of hydrogen-bond acceptors (Lipinski definition) is 5. The zero-order valence-electron chi connectivity index (χ0n) is 17.6. The Morgan fingerprint density at radius 3 is 2.50 bits per heavy atom. The number of carbonyl (C=O) groups excluding carboxylic acids is 1. The molecule has 1 amide bonds. The Balaban J connectivity index is 1.67. The van der Waals surface area contributed by atoms with Crippen LogP contribution in [0.3, 0.4) is 0 Å². The van der Waals surface area contributed by atoms with Crippen molar-refractivity contribution in [2.75, 3.05) is 4.72 Å². The van der Waals surface area contributed by atoms with Gasteiger partial charge >= 0.3 is 0 Å². The Labute approximate surface area is 182 Å². The Morgan fingerprint density at radius 2 is 1.87 bits per heavy atom. The van der Waals surface area contributed by atoms with Gasteiger partial charge in [-0.2, -0.15) is 5.10 Å². The highest BCUT2D eigenvalue weighted by Gasteiger charge is 2.30. The van der Waals surface area contributed by atoms with Crippen molar-refractivity contribution in [3.63, 3.8) is 0 Å². The lowest BCUT2D eigenvalue weighted by Gasteiger charge is -2.36. The third-order valence-electron chi connectivity index (χ3n) is 6.07. The number of hydrogen-bond donors (Lipinski definition) is 2. The molecule has 0 bridgehead atoms. The predicted octanol–water partition coefficient (Wildman–Crippen LogP) is 5.26. The van der Waals surface area contributed by atoms with Crippen molar-refractivity contribution in [1.82, 2.24) is 5.43 Å². The first-order valence-corrected chi connectivity index (χ1v) is 12.6. The van der Waals surface area contributed by atoms with E-state index >= 15 is 0 Å². The van der Waals surface area contributed by atoms with Gasteiger partial charge in [0.15, 0.2) is 0 Å². The molecule has 1 aromatic heterocycles.